The summed E-state index contributed by atoms with van der Waals surface area (Å²) >= 11 is 13.5. The molecular formula is C16H19Cl2NO3S. The number of ether oxygens (including phenoxy) is 1. The quantitative estimate of drug-likeness (QED) is 0.753. The number of rotatable bonds is 2. The maximum absolute atomic E-state index is 12.2. The fraction of sp³-hybridized carbons (Fsp3) is 0.500. The van der Waals surface area contributed by atoms with Crippen LogP contribution in [0.5, 0.6) is 0 Å². The molecule has 0 N–H and O–H groups in total. The number of amides is 1. The fourth-order valence-corrected chi connectivity index (χ4v) is 3.79. The summed E-state index contributed by atoms with van der Waals surface area (Å²) in [6, 6.07) is 5.30. The van der Waals surface area contributed by atoms with Crippen LogP contribution in [0.15, 0.2) is 23.1 Å². The Labute approximate surface area is 150 Å². The Morgan fingerprint density at radius 2 is 2.04 bits per heavy atom. The minimum absolute atomic E-state index is 0.103. The average Bonchev–Trinajstić information content (AvgIpc) is 2.44. The van der Waals surface area contributed by atoms with Gasteiger partial charge in [-0.25, -0.2) is 4.79 Å². The second-order valence-electron chi connectivity index (χ2n) is 6.30. The van der Waals surface area contributed by atoms with Crippen LogP contribution in [0.1, 0.15) is 27.2 Å². The van der Waals surface area contributed by atoms with Crippen LogP contribution >= 0.6 is 35.0 Å². The van der Waals surface area contributed by atoms with Crippen LogP contribution < -0.4 is 0 Å². The Morgan fingerprint density at radius 3 is 2.70 bits per heavy atom. The van der Waals surface area contributed by atoms with Crippen LogP contribution in [-0.2, 0) is 9.53 Å². The van der Waals surface area contributed by atoms with Crippen molar-refractivity contribution in [2.75, 3.05) is 13.1 Å². The Morgan fingerprint density at radius 1 is 1.35 bits per heavy atom. The lowest BCUT2D eigenvalue weighted by molar-refractivity contribution is -0.120. The first-order chi connectivity index (χ1) is 10.7. The van der Waals surface area contributed by atoms with Gasteiger partial charge in [0.15, 0.2) is 0 Å². The molecule has 126 valence electrons. The van der Waals surface area contributed by atoms with Crippen LogP contribution in [0.2, 0.25) is 10.0 Å². The van der Waals surface area contributed by atoms with Crippen molar-refractivity contribution in [1.29, 1.82) is 0 Å². The number of hydrogen-bond acceptors (Lipinski definition) is 4. The third-order valence-electron chi connectivity index (χ3n) is 3.21. The lowest BCUT2D eigenvalue weighted by Gasteiger charge is -2.33. The number of halogens is 2. The van der Waals surface area contributed by atoms with Crippen LogP contribution in [0.25, 0.3) is 0 Å². The van der Waals surface area contributed by atoms with Crippen molar-refractivity contribution in [3.05, 3.63) is 28.2 Å². The molecule has 4 nitrogen and oxygen atoms in total. The third-order valence-corrected chi connectivity index (χ3v) is 5.43. The third kappa shape index (κ3) is 5.03. The fourth-order valence-electron chi connectivity index (χ4n) is 2.12. The van der Waals surface area contributed by atoms with E-state index in [4.69, 9.17) is 27.9 Å². The van der Waals surface area contributed by atoms with E-state index in [0.717, 1.165) is 4.90 Å². The Kier molecular flexibility index (Phi) is 5.87. The first-order valence-corrected chi connectivity index (χ1v) is 8.92. The van der Waals surface area contributed by atoms with E-state index in [2.05, 4.69) is 0 Å². The van der Waals surface area contributed by atoms with E-state index in [1.54, 1.807) is 17.0 Å². The average molecular weight is 376 g/mol. The van der Waals surface area contributed by atoms with E-state index >= 15 is 0 Å². The summed E-state index contributed by atoms with van der Waals surface area (Å²) in [7, 11) is 0. The number of thioether (sulfide) groups is 1. The van der Waals surface area contributed by atoms with Crippen LogP contribution in [-0.4, -0.2) is 40.7 Å². The Balaban J connectivity index is 2.08. The van der Waals surface area contributed by atoms with E-state index in [9.17, 15) is 9.59 Å². The zero-order valence-corrected chi connectivity index (χ0v) is 15.6. The molecule has 0 spiro atoms. The molecule has 1 fully saturated rings. The molecule has 0 aromatic heterocycles. The summed E-state index contributed by atoms with van der Waals surface area (Å²) in [5.74, 6) is 0.103. The molecule has 1 aromatic carbocycles. The lowest BCUT2D eigenvalue weighted by atomic mass is 10.1. The van der Waals surface area contributed by atoms with Crippen LogP contribution in [0.3, 0.4) is 0 Å². The second kappa shape index (κ2) is 7.32. The number of Topliss-reactive ketones (excluding diaryl/α,β-unsaturated/α-hetero) is 1. The summed E-state index contributed by atoms with van der Waals surface area (Å²) in [5.41, 5.74) is -0.558. The summed E-state index contributed by atoms with van der Waals surface area (Å²) in [6.07, 6.45) is -0.0810. The number of carbonyl (C=O) groups excluding carboxylic acids is 2. The first-order valence-electron chi connectivity index (χ1n) is 7.28. The largest absolute Gasteiger partial charge is 0.444 e. The van der Waals surface area contributed by atoms with Gasteiger partial charge in [0.25, 0.3) is 0 Å². The monoisotopic (exact) mass is 375 g/mol. The van der Waals surface area contributed by atoms with Crippen molar-refractivity contribution in [3.8, 4) is 0 Å². The van der Waals surface area contributed by atoms with Gasteiger partial charge >= 0.3 is 6.09 Å². The van der Waals surface area contributed by atoms with Crippen LogP contribution in [0.4, 0.5) is 4.79 Å². The number of benzene rings is 1. The second-order valence-corrected chi connectivity index (χ2v) is 8.33. The molecule has 1 saturated heterocycles. The van der Waals surface area contributed by atoms with Gasteiger partial charge in [-0.1, -0.05) is 29.3 Å². The maximum atomic E-state index is 12.2. The van der Waals surface area contributed by atoms with Gasteiger partial charge in [-0.05, 0) is 32.9 Å². The minimum Gasteiger partial charge on any atom is -0.444 e. The molecular weight excluding hydrogens is 357 g/mol. The van der Waals surface area contributed by atoms with Crippen molar-refractivity contribution in [2.24, 2.45) is 0 Å². The molecule has 23 heavy (non-hydrogen) atoms. The minimum atomic E-state index is -0.558. The van der Waals surface area contributed by atoms with Gasteiger partial charge in [0.1, 0.15) is 11.4 Å². The highest BCUT2D eigenvalue weighted by atomic mass is 35.5. The number of piperidine rings is 1. The molecule has 7 heteroatoms. The Hall–Kier alpha value is -0.910. The molecule has 0 aliphatic carbocycles. The van der Waals surface area contributed by atoms with E-state index in [-0.39, 0.29) is 11.0 Å². The van der Waals surface area contributed by atoms with Gasteiger partial charge in [0.2, 0.25) is 0 Å². The molecule has 0 bridgehead atoms. The normalized spacial score (nSPS) is 18.9. The van der Waals surface area contributed by atoms with Gasteiger partial charge in [-0.3, -0.25) is 4.79 Å². The van der Waals surface area contributed by atoms with Gasteiger partial charge in [-0.15, -0.1) is 11.8 Å². The van der Waals surface area contributed by atoms with E-state index in [1.807, 2.05) is 26.8 Å². The van der Waals surface area contributed by atoms with Crippen molar-refractivity contribution >= 4 is 46.8 Å². The van der Waals surface area contributed by atoms with Gasteiger partial charge in [-0.2, -0.15) is 0 Å². The molecule has 1 aromatic rings. The molecule has 0 radical (unpaired) electrons. The summed E-state index contributed by atoms with van der Waals surface area (Å²) in [5, 5.41) is 0.512. The zero-order chi connectivity index (χ0) is 17.2. The first kappa shape index (κ1) is 18.4. The summed E-state index contributed by atoms with van der Waals surface area (Å²) in [6.45, 7) is 6.14. The molecule has 1 unspecified atom stereocenters. The van der Waals surface area contributed by atoms with Crippen molar-refractivity contribution < 1.29 is 14.3 Å². The van der Waals surface area contributed by atoms with Gasteiger partial charge in [0.05, 0.1) is 15.3 Å². The van der Waals surface area contributed by atoms with Crippen LogP contribution in [0, 0.1) is 0 Å². The molecule has 0 saturated carbocycles. The molecule has 1 heterocycles. The highest BCUT2D eigenvalue weighted by Crippen LogP contribution is 2.36. The number of nitrogens with zero attached hydrogens (tertiary/aromatic N) is 1. The molecule has 1 atom stereocenters. The molecule has 1 aliphatic heterocycles. The number of likely N-dealkylation sites (tertiary alicyclic amines) is 1. The van der Waals surface area contributed by atoms with Gasteiger partial charge in [0, 0.05) is 24.4 Å². The Bertz CT molecular complexity index is 616. The smallest absolute Gasteiger partial charge is 0.410 e. The summed E-state index contributed by atoms with van der Waals surface area (Å²) < 4.78 is 5.37. The predicted molar refractivity (Wildman–Crippen MR) is 93.5 cm³/mol. The highest BCUT2D eigenvalue weighted by molar-refractivity contribution is 8.00. The van der Waals surface area contributed by atoms with Crippen molar-refractivity contribution in [1.82, 2.24) is 4.90 Å². The SMILES string of the molecule is CC(C)(C)OC(=O)N1CCC(=O)C(Sc2cccc(Cl)c2Cl)C1. The standard InChI is InChI=1S/C16H19Cl2NO3S/c1-16(2,3)22-15(21)19-8-7-11(20)13(9-19)23-12-6-4-5-10(17)14(12)18/h4-6,13H,7-9H2,1-3H3. The molecule has 1 aliphatic rings. The van der Waals surface area contributed by atoms with Crippen molar-refractivity contribution in [2.45, 2.75) is 42.9 Å². The predicted octanol–water partition coefficient (Wildman–Crippen LogP) is 4.66. The molecule has 1 amide bonds. The maximum Gasteiger partial charge on any atom is 0.410 e. The van der Waals surface area contributed by atoms with E-state index < -0.39 is 11.7 Å². The number of hydrogen-bond donors (Lipinski definition) is 0. The van der Waals surface area contributed by atoms with Crippen molar-refractivity contribution in [3.63, 3.8) is 0 Å². The van der Waals surface area contributed by atoms with E-state index in [0.29, 0.717) is 29.6 Å². The molecule has 2 rings (SSSR count). The lowest BCUT2D eigenvalue weighted by Crippen LogP contribution is -2.47. The highest BCUT2D eigenvalue weighted by Gasteiger charge is 2.33. The zero-order valence-electron chi connectivity index (χ0n) is 13.3. The summed E-state index contributed by atoms with van der Waals surface area (Å²) in [4.78, 5) is 26.7. The van der Waals surface area contributed by atoms with Gasteiger partial charge < -0.3 is 9.64 Å². The number of ketones is 1. The topological polar surface area (TPSA) is 46.6 Å². The van der Waals surface area contributed by atoms with E-state index in [1.165, 1.54) is 11.8 Å². The number of carbonyl (C=O) groups is 2.